The van der Waals surface area contributed by atoms with Gasteiger partial charge in [0.1, 0.15) is 5.76 Å². The number of methoxy groups -OCH3 is 1. The van der Waals surface area contributed by atoms with Gasteiger partial charge in [-0.25, -0.2) is 0 Å². The highest BCUT2D eigenvalue weighted by Crippen LogP contribution is 2.32. The Hall–Kier alpha value is -2.47. The zero-order chi connectivity index (χ0) is 16.1. The molecule has 1 aromatic heterocycles. The van der Waals surface area contributed by atoms with Crippen LogP contribution >= 0.6 is 0 Å². The molecule has 0 unspecified atom stereocenters. The fourth-order valence-corrected chi connectivity index (χ4v) is 2.43. The maximum absolute atomic E-state index is 12.1. The molecular formula is C17H19NO5. The molecule has 1 aromatic carbocycles. The molecule has 1 fully saturated rings. The number of carbonyl (C=O) groups is 1. The second-order valence-electron chi connectivity index (χ2n) is 5.12. The second-order valence-corrected chi connectivity index (χ2v) is 5.12. The summed E-state index contributed by atoms with van der Waals surface area (Å²) in [5.41, 5.74) is 0.888. The van der Waals surface area contributed by atoms with Crippen LogP contribution in [0.1, 0.15) is 0 Å². The fraction of sp³-hybridized carbons (Fsp3) is 0.353. The average Bonchev–Trinajstić information content (AvgIpc) is 3.15. The Morgan fingerprint density at radius 1 is 1.22 bits per heavy atom. The van der Waals surface area contributed by atoms with Gasteiger partial charge >= 0.3 is 0 Å². The highest BCUT2D eigenvalue weighted by Gasteiger charge is 2.18. The van der Waals surface area contributed by atoms with Gasteiger partial charge in [0.2, 0.25) is 0 Å². The van der Waals surface area contributed by atoms with E-state index in [4.69, 9.17) is 18.6 Å². The summed E-state index contributed by atoms with van der Waals surface area (Å²) < 4.78 is 21.6. The van der Waals surface area contributed by atoms with Gasteiger partial charge in [-0.05, 0) is 30.3 Å². The van der Waals surface area contributed by atoms with Gasteiger partial charge in [-0.1, -0.05) is 0 Å². The SMILES string of the molecule is COc1cc(-c2ccco2)ccc1OCC(=O)N1CCOCC1. The first-order valence-electron chi connectivity index (χ1n) is 7.48. The van der Waals surface area contributed by atoms with Crippen molar-refractivity contribution in [2.75, 3.05) is 40.0 Å². The topological polar surface area (TPSA) is 61.1 Å². The van der Waals surface area contributed by atoms with Crippen LogP contribution in [0, 0.1) is 0 Å². The van der Waals surface area contributed by atoms with Gasteiger partial charge in [0, 0.05) is 18.7 Å². The van der Waals surface area contributed by atoms with Gasteiger partial charge in [-0.15, -0.1) is 0 Å². The molecular weight excluding hydrogens is 298 g/mol. The molecule has 6 nitrogen and oxygen atoms in total. The van der Waals surface area contributed by atoms with E-state index in [0.29, 0.717) is 37.8 Å². The van der Waals surface area contributed by atoms with Crippen LogP contribution in [0.25, 0.3) is 11.3 Å². The molecule has 0 aliphatic carbocycles. The highest BCUT2D eigenvalue weighted by molar-refractivity contribution is 5.78. The molecule has 6 heteroatoms. The molecule has 0 saturated carbocycles. The molecule has 0 N–H and O–H groups in total. The Bertz CT molecular complexity index is 647. The molecule has 23 heavy (non-hydrogen) atoms. The summed E-state index contributed by atoms with van der Waals surface area (Å²) in [6, 6.07) is 9.18. The Morgan fingerprint density at radius 3 is 2.74 bits per heavy atom. The Balaban J connectivity index is 1.66. The largest absolute Gasteiger partial charge is 0.493 e. The second kappa shape index (κ2) is 7.19. The number of morpholine rings is 1. The van der Waals surface area contributed by atoms with E-state index in [1.54, 1.807) is 24.3 Å². The van der Waals surface area contributed by atoms with Crippen molar-refractivity contribution in [3.8, 4) is 22.8 Å². The van der Waals surface area contributed by atoms with Gasteiger partial charge in [0.15, 0.2) is 18.1 Å². The van der Waals surface area contributed by atoms with Gasteiger partial charge in [-0.2, -0.15) is 0 Å². The summed E-state index contributed by atoms with van der Waals surface area (Å²) >= 11 is 0. The summed E-state index contributed by atoms with van der Waals surface area (Å²) in [5.74, 6) is 1.79. The van der Waals surface area contributed by atoms with Crippen molar-refractivity contribution >= 4 is 5.91 Å². The van der Waals surface area contributed by atoms with Crippen LogP contribution in [-0.4, -0.2) is 50.8 Å². The van der Waals surface area contributed by atoms with E-state index >= 15 is 0 Å². The van der Waals surface area contributed by atoms with Crippen molar-refractivity contribution < 1.29 is 23.4 Å². The minimum atomic E-state index is -0.0505. The standard InChI is InChI=1S/C17H19NO5/c1-20-16-11-13(14-3-2-8-22-14)4-5-15(16)23-12-17(19)18-6-9-21-10-7-18/h2-5,8,11H,6-7,9-10,12H2,1H3. The number of benzene rings is 1. The average molecular weight is 317 g/mol. The van der Waals surface area contributed by atoms with Crippen molar-refractivity contribution in [2.45, 2.75) is 0 Å². The number of ether oxygens (including phenoxy) is 3. The van der Waals surface area contributed by atoms with Crippen LogP contribution in [0.3, 0.4) is 0 Å². The van der Waals surface area contributed by atoms with E-state index < -0.39 is 0 Å². The summed E-state index contributed by atoms with van der Waals surface area (Å²) in [5, 5.41) is 0. The number of nitrogens with zero attached hydrogens (tertiary/aromatic N) is 1. The molecule has 2 aromatic rings. The van der Waals surface area contributed by atoms with Gasteiger partial charge in [0.05, 0.1) is 26.6 Å². The molecule has 1 aliphatic rings. The molecule has 2 heterocycles. The predicted octanol–water partition coefficient (Wildman–Crippen LogP) is 2.19. The minimum absolute atomic E-state index is 0.0174. The zero-order valence-electron chi connectivity index (χ0n) is 13.0. The lowest BCUT2D eigenvalue weighted by atomic mass is 10.1. The van der Waals surface area contributed by atoms with Crippen LogP contribution in [0.2, 0.25) is 0 Å². The molecule has 0 atom stereocenters. The van der Waals surface area contributed by atoms with E-state index in [2.05, 4.69) is 0 Å². The summed E-state index contributed by atoms with van der Waals surface area (Å²) in [4.78, 5) is 13.9. The molecule has 1 aliphatic heterocycles. The van der Waals surface area contributed by atoms with Crippen LogP contribution in [0.15, 0.2) is 41.0 Å². The van der Waals surface area contributed by atoms with Gasteiger partial charge < -0.3 is 23.5 Å². The maximum atomic E-state index is 12.1. The summed E-state index contributed by atoms with van der Waals surface area (Å²) in [7, 11) is 1.57. The van der Waals surface area contributed by atoms with Gasteiger partial charge in [-0.3, -0.25) is 4.79 Å². The molecule has 0 bridgehead atoms. The fourth-order valence-electron chi connectivity index (χ4n) is 2.43. The van der Waals surface area contributed by atoms with Crippen LogP contribution < -0.4 is 9.47 Å². The maximum Gasteiger partial charge on any atom is 0.260 e. The van der Waals surface area contributed by atoms with E-state index in [-0.39, 0.29) is 12.5 Å². The Morgan fingerprint density at radius 2 is 2.04 bits per heavy atom. The van der Waals surface area contributed by atoms with Crippen LogP contribution in [-0.2, 0) is 9.53 Å². The number of rotatable bonds is 5. The molecule has 1 amide bonds. The lowest BCUT2D eigenvalue weighted by Gasteiger charge is -2.26. The molecule has 3 rings (SSSR count). The highest BCUT2D eigenvalue weighted by atomic mass is 16.5. The molecule has 122 valence electrons. The number of furan rings is 1. The predicted molar refractivity (Wildman–Crippen MR) is 83.6 cm³/mol. The first-order valence-corrected chi connectivity index (χ1v) is 7.48. The first-order chi connectivity index (χ1) is 11.3. The van der Waals surface area contributed by atoms with E-state index in [0.717, 1.165) is 11.3 Å². The van der Waals surface area contributed by atoms with E-state index in [9.17, 15) is 4.79 Å². The van der Waals surface area contributed by atoms with Crippen molar-refractivity contribution in [3.63, 3.8) is 0 Å². The lowest BCUT2D eigenvalue weighted by Crippen LogP contribution is -2.43. The van der Waals surface area contributed by atoms with Crippen molar-refractivity contribution in [2.24, 2.45) is 0 Å². The van der Waals surface area contributed by atoms with Crippen molar-refractivity contribution in [3.05, 3.63) is 36.6 Å². The lowest BCUT2D eigenvalue weighted by molar-refractivity contribution is -0.137. The third-order valence-electron chi connectivity index (χ3n) is 3.68. The quantitative estimate of drug-likeness (QED) is 0.846. The summed E-state index contributed by atoms with van der Waals surface area (Å²) in [6.07, 6.45) is 1.62. The third-order valence-corrected chi connectivity index (χ3v) is 3.68. The van der Waals surface area contributed by atoms with E-state index in [1.165, 1.54) is 0 Å². The van der Waals surface area contributed by atoms with Crippen LogP contribution in [0.5, 0.6) is 11.5 Å². The van der Waals surface area contributed by atoms with Crippen molar-refractivity contribution in [1.82, 2.24) is 4.90 Å². The van der Waals surface area contributed by atoms with E-state index in [1.807, 2.05) is 24.3 Å². The normalized spacial score (nSPS) is 14.6. The zero-order valence-corrected chi connectivity index (χ0v) is 13.0. The van der Waals surface area contributed by atoms with Gasteiger partial charge in [0.25, 0.3) is 5.91 Å². The molecule has 0 spiro atoms. The van der Waals surface area contributed by atoms with Crippen LogP contribution in [0.4, 0.5) is 0 Å². The number of carbonyl (C=O) groups excluding carboxylic acids is 1. The smallest absolute Gasteiger partial charge is 0.260 e. The first kappa shape index (κ1) is 15.4. The molecule has 0 radical (unpaired) electrons. The molecule has 1 saturated heterocycles. The summed E-state index contributed by atoms with van der Waals surface area (Å²) in [6.45, 7) is 2.35. The minimum Gasteiger partial charge on any atom is -0.493 e. The third kappa shape index (κ3) is 3.65. The van der Waals surface area contributed by atoms with Crippen molar-refractivity contribution in [1.29, 1.82) is 0 Å². The number of hydrogen-bond acceptors (Lipinski definition) is 5. The Kier molecular flexibility index (Phi) is 4.83. The Labute approximate surface area is 134 Å². The number of hydrogen-bond donors (Lipinski definition) is 0. The number of amides is 1. The monoisotopic (exact) mass is 317 g/mol.